The summed E-state index contributed by atoms with van der Waals surface area (Å²) < 4.78 is 5.31. The molecule has 5 nitrogen and oxygen atoms in total. The molecule has 1 atom stereocenters. The molecule has 0 spiro atoms. The van der Waals surface area contributed by atoms with Crippen molar-refractivity contribution in [3.8, 4) is 0 Å². The lowest BCUT2D eigenvalue weighted by molar-refractivity contribution is -0.140. The topological polar surface area (TPSA) is 58.6 Å². The number of hydrogen-bond acceptors (Lipinski definition) is 3. The second kappa shape index (κ2) is 8.44. The van der Waals surface area contributed by atoms with Gasteiger partial charge in [0, 0.05) is 13.1 Å². The maximum absolute atomic E-state index is 12.9. The molecule has 5 heteroatoms. The van der Waals surface area contributed by atoms with Gasteiger partial charge < -0.3 is 15.0 Å². The van der Waals surface area contributed by atoms with E-state index in [-0.39, 0.29) is 18.2 Å². The van der Waals surface area contributed by atoms with Crippen molar-refractivity contribution >= 4 is 11.8 Å². The summed E-state index contributed by atoms with van der Waals surface area (Å²) in [6.07, 6.45) is 0.251. The molecule has 0 aliphatic carbocycles. The lowest BCUT2D eigenvalue weighted by Crippen LogP contribution is -2.47. The third-order valence-corrected chi connectivity index (χ3v) is 4.22. The van der Waals surface area contributed by atoms with Crippen LogP contribution in [0.1, 0.15) is 17.2 Å². The average Bonchev–Trinajstić information content (AvgIpc) is 2.68. The number of benzene rings is 2. The monoisotopic (exact) mass is 338 g/mol. The molecular weight excluding hydrogens is 316 g/mol. The number of nitrogens with one attached hydrogen (secondary N) is 1. The summed E-state index contributed by atoms with van der Waals surface area (Å²) in [6.45, 7) is 2.17. The molecule has 1 aliphatic rings. The van der Waals surface area contributed by atoms with Gasteiger partial charge in [-0.15, -0.1) is 0 Å². The first kappa shape index (κ1) is 17.2. The molecule has 1 heterocycles. The third kappa shape index (κ3) is 4.67. The van der Waals surface area contributed by atoms with Crippen molar-refractivity contribution in [3.63, 3.8) is 0 Å². The van der Waals surface area contributed by atoms with E-state index in [2.05, 4.69) is 5.32 Å². The van der Waals surface area contributed by atoms with Crippen LogP contribution in [0, 0.1) is 0 Å². The number of hydrogen-bond donors (Lipinski definition) is 1. The van der Waals surface area contributed by atoms with E-state index < -0.39 is 6.04 Å². The van der Waals surface area contributed by atoms with Gasteiger partial charge in [-0.1, -0.05) is 60.7 Å². The Morgan fingerprint density at radius 1 is 0.960 bits per heavy atom. The third-order valence-electron chi connectivity index (χ3n) is 4.22. The van der Waals surface area contributed by atoms with Crippen molar-refractivity contribution in [1.29, 1.82) is 0 Å². The first-order chi connectivity index (χ1) is 12.2. The molecule has 1 N–H and O–H groups in total. The highest BCUT2D eigenvalue weighted by molar-refractivity contribution is 5.89. The minimum atomic E-state index is -0.671. The minimum absolute atomic E-state index is 0.0871. The lowest BCUT2D eigenvalue weighted by Gasteiger charge is -2.31. The largest absolute Gasteiger partial charge is 0.378 e. The Morgan fingerprint density at radius 2 is 1.56 bits per heavy atom. The van der Waals surface area contributed by atoms with Crippen molar-refractivity contribution < 1.29 is 14.3 Å². The minimum Gasteiger partial charge on any atom is -0.378 e. The van der Waals surface area contributed by atoms with Crippen molar-refractivity contribution in [3.05, 3.63) is 71.8 Å². The molecule has 130 valence electrons. The molecule has 2 amide bonds. The fourth-order valence-corrected chi connectivity index (χ4v) is 2.89. The molecule has 0 unspecified atom stereocenters. The van der Waals surface area contributed by atoms with Crippen LogP contribution < -0.4 is 5.32 Å². The van der Waals surface area contributed by atoms with Crippen molar-refractivity contribution in [2.75, 3.05) is 26.3 Å². The summed E-state index contributed by atoms with van der Waals surface area (Å²) in [7, 11) is 0. The molecule has 1 saturated heterocycles. The molecule has 1 aliphatic heterocycles. The predicted molar refractivity (Wildman–Crippen MR) is 94.9 cm³/mol. The van der Waals surface area contributed by atoms with E-state index in [1.807, 2.05) is 60.7 Å². The highest BCUT2D eigenvalue weighted by Crippen LogP contribution is 2.17. The van der Waals surface area contributed by atoms with Gasteiger partial charge in [-0.3, -0.25) is 9.59 Å². The first-order valence-electron chi connectivity index (χ1n) is 8.49. The van der Waals surface area contributed by atoms with Crippen LogP contribution >= 0.6 is 0 Å². The summed E-state index contributed by atoms with van der Waals surface area (Å²) in [5.41, 5.74) is 1.71. The molecule has 0 saturated carbocycles. The zero-order valence-corrected chi connectivity index (χ0v) is 14.1. The van der Waals surface area contributed by atoms with E-state index in [4.69, 9.17) is 4.74 Å². The van der Waals surface area contributed by atoms with Crippen LogP contribution in [0.15, 0.2) is 60.7 Å². The van der Waals surface area contributed by atoms with Crippen LogP contribution in [0.3, 0.4) is 0 Å². The zero-order chi connectivity index (χ0) is 17.5. The molecule has 1 fully saturated rings. The Labute approximate surface area is 147 Å². The maximum Gasteiger partial charge on any atom is 0.249 e. The van der Waals surface area contributed by atoms with E-state index >= 15 is 0 Å². The average molecular weight is 338 g/mol. The number of morpholine rings is 1. The standard InChI is InChI=1S/C20H22N2O3/c23-18(15-16-7-3-1-4-8-16)21-19(17-9-5-2-6-10-17)20(24)22-11-13-25-14-12-22/h1-10,19H,11-15H2,(H,21,23)/t19-/m0/s1. The molecule has 25 heavy (non-hydrogen) atoms. The SMILES string of the molecule is O=C(Cc1ccccc1)N[C@H](C(=O)N1CCOCC1)c1ccccc1. The van der Waals surface area contributed by atoms with Crippen LogP contribution in [0.4, 0.5) is 0 Å². The zero-order valence-electron chi connectivity index (χ0n) is 14.1. The van der Waals surface area contributed by atoms with Gasteiger partial charge in [-0.05, 0) is 11.1 Å². The Balaban J connectivity index is 1.74. The van der Waals surface area contributed by atoms with E-state index in [1.165, 1.54) is 0 Å². The number of rotatable bonds is 5. The van der Waals surface area contributed by atoms with E-state index in [9.17, 15) is 9.59 Å². The normalized spacial score (nSPS) is 15.4. The number of carbonyl (C=O) groups excluding carboxylic acids is 2. The molecular formula is C20H22N2O3. The van der Waals surface area contributed by atoms with Crippen LogP contribution in [0.5, 0.6) is 0 Å². The molecule has 0 bridgehead atoms. The highest BCUT2D eigenvalue weighted by Gasteiger charge is 2.28. The maximum atomic E-state index is 12.9. The summed E-state index contributed by atoms with van der Waals surface area (Å²) in [5.74, 6) is -0.252. The van der Waals surface area contributed by atoms with Gasteiger partial charge in [-0.2, -0.15) is 0 Å². The van der Waals surface area contributed by atoms with Crippen molar-refractivity contribution in [1.82, 2.24) is 10.2 Å². The quantitative estimate of drug-likeness (QED) is 0.906. The van der Waals surface area contributed by atoms with Gasteiger partial charge in [-0.25, -0.2) is 0 Å². The molecule has 0 radical (unpaired) electrons. The van der Waals surface area contributed by atoms with Crippen LogP contribution in [-0.4, -0.2) is 43.0 Å². The Morgan fingerprint density at radius 3 is 2.20 bits per heavy atom. The Kier molecular flexibility index (Phi) is 5.80. The van der Waals surface area contributed by atoms with Crippen molar-refractivity contribution in [2.45, 2.75) is 12.5 Å². The Hall–Kier alpha value is -2.66. The smallest absolute Gasteiger partial charge is 0.249 e. The summed E-state index contributed by atoms with van der Waals surface area (Å²) in [5, 5.41) is 2.91. The second-order valence-electron chi connectivity index (χ2n) is 6.01. The number of carbonyl (C=O) groups is 2. The molecule has 2 aromatic rings. The fourth-order valence-electron chi connectivity index (χ4n) is 2.89. The molecule has 0 aromatic heterocycles. The Bertz CT molecular complexity index is 697. The number of amides is 2. The van der Waals surface area contributed by atoms with Crippen LogP contribution in [0.25, 0.3) is 0 Å². The van der Waals surface area contributed by atoms with Gasteiger partial charge in [0.15, 0.2) is 0 Å². The number of ether oxygens (including phenoxy) is 1. The summed E-state index contributed by atoms with van der Waals surface area (Å²) in [6, 6.07) is 18.2. The highest BCUT2D eigenvalue weighted by atomic mass is 16.5. The molecule has 2 aromatic carbocycles. The van der Waals surface area contributed by atoms with Crippen molar-refractivity contribution in [2.24, 2.45) is 0 Å². The summed E-state index contributed by atoms with van der Waals surface area (Å²) in [4.78, 5) is 27.2. The van der Waals surface area contributed by atoms with Crippen LogP contribution in [-0.2, 0) is 20.7 Å². The van der Waals surface area contributed by atoms with E-state index in [1.54, 1.807) is 4.90 Å². The number of nitrogens with zero attached hydrogens (tertiary/aromatic N) is 1. The van der Waals surface area contributed by atoms with Gasteiger partial charge in [0.25, 0.3) is 0 Å². The van der Waals surface area contributed by atoms with Gasteiger partial charge in [0.05, 0.1) is 19.6 Å². The van der Waals surface area contributed by atoms with Crippen LogP contribution in [0.2, 0.25) is 0 Å². The predicted octanol–water partition coefficient (Wildman–Crippen LogP) is 1.95. The van der Waals surface area contributed by atoms with Gasteiger partial charge >= 0.3 is 0 Å². The fraction of sp³-hybridized carbons (Fsp3) is 0.300. The van der Waals surface area contributed by atoms with E-state index in [0.717, 1.165) is 11.1 Å². The lowest BCUT2D eigenvalue weighted by atomic mass is 10.0. The molecule has 3 rings (SSSR count). The van der Waals surface area contributed by atoms with Gasteiger partial charge in [0.1, 0.15) is 6.04 Å². The first-order valence-corrected chi connectivity index (χ1v) is 8.49. The summed E-state index contributed by atoms with van der Waals surface area (Å²) >= 11 is 0. The van der Waals surface area contributed by atoms with Gasteiger partial charge in [0.2, 0.25) is 11.8 Å². The van der Waals surface area contributed by atoms with E-state index in [0.29, 0.717) is 26.3 Å². The second-order valence-corrected chi connectivity index (χ2v) is 6.01.